The summed E-state index contributed by atoms with van der Waals surface area (Å²) in [6.45, 7) is 9.29. The van der Waals surface area contributed by atoms with E-state index >= 15 is 0 Å². The molecule has 1 rings (SSSR count). The fourth-order valence-corrected chi connectivity index (χ4v) is 1.00. The fraction of sp³-hybridized carbons (Fsp3) is 0.538. The highest BCUT2D eigenvalue weighted by Crippen LogP contribution is 2.10. The first-order valence-electron chi connectivity index (χ1n) is 5.96. The third-order valence-electron chi connectivity index (χ3n) is 1.64. The first-order chi connectivity index (χ1) is 8.40. The average molecular weight is 254 g/mol. The molecule has 0 saturated carbocycles. The summed E-state index contributed by atoms with van der Waals surface area (Å²) in [4.78, 5) is 15.3. The van der Waals surface area contributed by atoms with E-state index in [9.17, 15) is 4.79 Å². The van der Waals surface area contributed by atoms with E-state index in [1.54, 1.807) is 32.9 Å². The van der Waals surface area contributed by atoms with E-state index in [-0.39, 0.29) is 6.61 Å². The van der Waals surface area contributed by atoms with E-state index < -0.39 is 11.7 Å². The lowest BCUT2D eigenvalue weighted by Gasteiger charge is -2.19. The highest BCUT2D eigenvalue weighted by molar-refractivity contribution is 5.83. The van der Waals surface area contributed by atoms with Crippen LogP contribution in [0.25, 0.3) is 0 Å². The molecule has 1 heterocycles. The molecule has 0 aromatic carbocycles. The molecule has 1 amide bonds. The molecule has 1 aromatic heterocycles. The normalized spacial score (nSPS) is 10.1. The van der Waals surface area contributed by atoms with Crippen molar-refractivity contribution in [3.8, 4) is 0 Å². The standard InChI is InChI=1S/C11H16N2O3.C2H6/c1-11(2,3)16-10(15)13-9-5-4-8(7-14)6-12-9;1-2/h4-6,14H,7H2,1-3H3,(H,12,13,15);1-2H3. The molecular weight excluding hydrogens is 232 g/mol. The van der Waals surface area contributed by atoms with Crippen LogP contribution in [0.15, 0.2) is 18.3 Å². The summed E-state index contributed by atoms with van der Waals surface area (Å²) in [6.07, 6.45) is 0.948. The molecule has 0 spiro atoms. The second-order valence-corrected chi connectivity index (χ2v) is 4.34. The van der Waals surface area contributed by atoms with Gasteiger partial charge in [0.1, 0.15) is 11.4 Å². The minimum absolute atomic E-state index is 0.0697. The highest BCUT2D eigenvalue weighted by atomic mass is 16.6. The summed E-state index contributed by atoms with van der Waals surface area (Å²) in [6, 6.07) is 3.29. The first-order valence-corrected chi connectivity index (χ1v) is 5.96. The smallest absolute Gasteiger partial charge is 0.413 e. The zero-order valence-electron chi connectivity index (χ0n) is 11.7. The number of hydrogen-bond acceptors (Lipinski definition) is 4. The summed E-state index contributed by atoms with van der Waals surface area (Å²) in [5.74, 6) is 0.395. The number of rotatable bonds is 2. The molecule has 102 valence electrons. The van der Waals surface area contributed by atoms with Gasteiger partial charge < -0.3 is 9.84 Å². The minimum atomic E-state index is -0.545. The number of hydrogen-bond donors (Lipinski definition) is 2. The number of amides is 1. The second-order valence-electron chi connectivity index (χ2n) is 4.34. The topological polar surface area (TPSA) is 71.5 Å². The molecule has 1 aromatic rings. The van der Waals surface area contributed by atoms with Crippen LogP contribution in [0.1, 0.15) is 40.2 Å². The number of anilines is 1. The van der Waals surface area contributed by atoms with E-state index in [1.165, 1.54) is 6.20 Å². The van der Waals surface area contributed by atoms with Crippen LogP contribution in [-0.2, 0) is 11.3 Å². The molecule has 5 nitrogen and oxygen atoms in total. The van der Waals surface area contributed by atoms with Crippen molar-refractivity contribution in [3.05, 3.63) is 23.9 Å². The molecular formula is C13H22N2O3. The lowest BCUT2D eigenvalue weighted by Crippen LogP contribution is -2.27. The molecule has 0 saturated heterocycles. The zero-order valence-corrected chi connectivity index (χ0v) is 11.7. The highest BCUT2D eigenvalue weighted by Gasteiger charge is 2.16. The fourth-order valence-electron chi connectivity index (χ4n) is 1.00. The van der Waals surface area contributed by atoms with Gasteiger partial charge in [-0.05, 0) is 32.4 Å². The molecule has 0 aliphatic rings. The Morgan fingerprint density at radius 2 is 2.00 bits per heavy atom. The number of aliphatic hydroxyl groups is 1. The summed E-state index contributed by atoms with van der Waals surface area (Å²) < 4.78 is 5.06. The molecule has 0 atom stereocenters. The molecule has 18 heavy (non-hydrogen) atoms. The first kappa shape index (κ1) is 16.4. The van der Waals surface area contributed by atoms with Crippen LogP contribution in [-0.4, -0.2) is 21.8 Å². The van der Waals surface area contributed by atoms with E-state index in [4.69, 9.17) is 9.84 Å². The quantitative estimate of drug-likeness (QED) is 0.851. The van der Waals surface area contributed by atoms with Crippen molar-refractivity contribution in [1.29, 1.82) is 0 Å². The zero-order chi connectivity index (χ0) is 14.2. The van der Waals surface area contributed by atoms with Crippen molar-refractivity contribution in [3.63, 3.8) is 0 Å². The number of carbonyl (C=O) groups is 1. The van der Waals surface area contributed by atoms with Crippen molar-refractivity contribution in [2.45, 2.75) is 46.8 Å². The van der Waals surface area contributed by atoms with E-state index in [0.717, 1.165) is 0 Å². The Kier molecular flexibility index (Phi) is 6.97. The van der Waals surface area contributed by atoms with Gasteiger partial charge in [-0.25, -0.2) is 9.78 Å². The Labute approximate surface area is 108 Å². The van der Waals surface area contributed by atoms with Crippen LogP contribution in [0.5, 0.6) is 0 Å². The van der Waals surface area contributed by atoms with Crippen molar-refractivity contribution in [2.24, 2.45) is 0 Å². The van der Waals surface area contributed by atoms with Crippen molar-refractivity contribution >= 4 is 11.9 Å². The van der Waals surface area contributed by atoms with Gasteiger partial charge in [-0.15, -0.1) is 0 Å². The van der Waals surface area contributed by atoms with Gasteiger partial charge in [-0.1, -0.05) is 19.9 Å². The Hall–Kier alpha value is -1.62. The van der Waals surface area contributed by atoms with Crippen LogP contribution in [0, 0.1) is 0 Å². The van der Waals surface area contributed by atoms with Gasteiger partial charge in [0.15, 0.2) is 0 Å². The lowest BCUT2D eigenvalue weighted by atomic mass is 10.2. The number of carbonyl (C=O) groups excluding carboxylic acids is 1. The number of nitrogens with zero attached hydrogens (tertiary/aromatic N) is 1. The van der Waals surface area contributed by atoms with E-state index in [1.807, 2.05) is 13.8 Å². The Bertz CT molecular complexity index is 355. The molecule has 0 aliphatic carbocycles. The predicted octanol–water partition coefficient (Wildman–Crippen LogP) is 2.95. The molecule has 0 fully saturated rings. The van der Waals surface area contributed by atoms with Crippen LogP contribution in [0.2, 0.25) is 0 Å². The van der Waals surface area contributed by atoms with Crippen molar-refractivity contribution < 1.29 is 14.6 Å². The maximum atomic E-state index is 11.4. The van der Waals surface area contributed by atoms with Gasteiger partial charge in [-0.2, -0.15) is 0 Å². The lowest BCUT2D eigenvalue weighted by molar-refractivity contribution is 0.0635. The van der Waals surface area contributed by atoms with Crippen LogP contribution in [0.4, 0.5) is 10.6 Å². The maximum absolute atomic E-state index is 11.4. The molecule has 0 unspecified atom stereocenters. The molecule has 0 aliphatic heterocycles. The third-order valence-corrected chi connectivity index (χ3v) is 1.64. The second kappa shape index (κ2) is 7.66. The molecule has 0 radical (unpaired) electrons. The van der Waals surface area contributed by atoms with Gasteiger partial charge in [0.05, 0.1) is 6.61 Å². The minimum Gasteiger partial charge on any atom is -0.444 e. The number of nitrogens with one attached hydrogen (secondary N) is 1. The number of ether oxygens (including phenoxy) is 1. The molecule has 2 N–H and O–H groups in total. The average Bonchev–Trinajstić information content (AvgIpc) is 2.30. The maximum Gasteiger partial charge on any atom is 0.413 e. The number of aliphatic hydroxyl groups excluding tert-OH is 1. The van der Waals surface area contributed by atoms with Crippen LogP contribution >= 0.6 is 0 Å². The Morgan fingerprint density at radius 1 is 1.39 bits per heavy atom. The number of aromatic nitrogens is 1. The van der Waals surface area contributed by atoms with Gasteiger partial charge in [0.25, 0.3) is 0 Å². The SMILES string of the molecule is CC.CC(C)(C)OC(=O)Nc1ccc(CO)cn1. The van der Waals surface area contributed by atoms with Crippen LogP contribution in [0.3, 0.4) is 0 Å². The molecule has 0 bridgehead atoms. The summed E-state index contributed by atoms with van der Waals surface area (Å²) in [5.41, 5.74) is 0.157. The van der Waals surface area contributed by atoms with Gasteiger partial charge in [0, 0.05) is 6.20 Å². The number of pyridine rings is 1. The van der Waals surface area contributed by atoms with Crippen molar-refractivity contribution in [2.75, 3.05) is 5.32 Å². The Balaban J connectivity index is 0.00000137. The van der Waals surface area contributed by atoms with E-state index in [0.29, 0.717) is 11.4 Å². The third kappa shape index (κ3) is 6.85. The molecule has 5 heteroatoms. The van der Waals surface area contributed by atoms with Gasteiger partial charge in [-0.3, -0.25) is 5.32 Å². The largest absolute Gasteiger partial charge is 0.444 e. The summed E-state index contributed by atoms with van der Waals surface area (Å²) in [5, 5.41) is 11.3. The summed E-state index contributed by atoms with van der Waals surface area (Å²) >= 11 is 0. The van der Waals surface area contributed by atoms with Gasteiger partial charge in [0.2, 0.25) is 0 Å². The Morgan fingerprint density at radius 3 is 2.39 bits per heavy atom. The monoisotopic (exact) mass is 254 g/mol. The van der Waals surface area contributed by atoms with Crippen LogP contribution < -0.4 is 5.32 Å². The van der Waals surface area contributed by atoms with E-state index in [2.05, 4.69) is 10.3 Å². The van der Waals surface area contributed by atoms with Crippen molar-refractivity contribution in [1.82, 2.24) is 4.98 Å². The summed E-state index contributed by atoms with van der Waals surface area (Å²) in [7, 11) is 0. The predicted molar refractivity (Wildman–Crippen MR) is 71.4 cm³/mol. The van der Waals surface area contributed by atoms with Gasteiger partial charge >= 0.3 is 6.09 Å².